The number of hydrogen-bond acceptors (Lipinski definition) is 4. The normalized spacial score (nSPS) is 17.8. The molecule has 0 saturated carbocycles. The van der Waals surface area contributed by atoms with E-state index in [0.717, 1.165) is 25.4 Å². The van der Waals surface area contributed by atoms with Gasteiger partial charge in [-0.05, 0) is 51.2 Å². The first-order chi connectivity index (χ1) is 10.0. The molecule has 1 aromatic heterocycles. The van der Waals surface area contributed by atoms with E-state index in [1.165, 1.54) is 48.1 Å². The summed E-state index contributed by atoms with van der Waals surface area (Å²) in [7, 11) is 0. The molecular weight excluding hydrogens is 278 g/mol. The van der Waals surface area contributed by atoms with Crippen molar-refractivity contribution in [3.8, 4) is 0 Å². The number of nitrogens with zero attached hydrogens (tertiary/aromatic N) is 2. The molecule has 0 amide bonds. The number of hydrogen-bond donors (Lipinski definition) is 1. The Bertz CT molecular complexity index is 420. The van der Waals surface area contributed by atoms with Crippen molar-refractivity contribution in [2.75, 3.05) is 26.2 Å². The van der Waals surface area contributed by atoms with E-state index in [1.54, 1.807) is 0 Å². The van der Waals surface area contributed by atoms with Crippen LogP contribution < -0.4 is 5.32 Å². The summed E-state index contributed by atoms with van der Waals surface area (Å²) in [6.45, 7) is 14.8. The lowest BCUT2D eigenvalue weighted by Crippen LogP contribution is -2.34. The molecule has 1 aliphatic rings. The van der Waals surface area contributed by atoms with Crippen molar-refractivity contribution in [2.24, 2.45) is 11.8 Å². The first-order valence-electron chi connectivity index (χ1n) is 8.43. The van der Waals surface area contributed by atoms with Gasteiger partial charge in [-0.2, -0.15) is 0 Å². The van der Waals surface area contributed by atoms with Crippen LogP contribution in [0.3, 0.4) is 0 Å². The van der Waals surface area contributed by atoms with E-state index in [0.29, 0.717) is 5.92 Å². The summed E-state index contributed by atoms with van der Waals surface area (Å²) in [6, 6.07) is 0. The predicted molar refractivity (Wildman–Crippen MR) is 91.9 cm³/mol. The standard InChI is InChI=1S/C17H31N3S/c1-13(2)11-18-12-16-15(4)19-17(21-16)7-10-20-8-5-14(3)6-9-20/h13-14,18H,5-12H2,1-4H3. The Labute approximate surface area is 134 Å². The van der Waals surface area contributed by atoms with Crippen molar-refractivity contribution in [3.63, 3.8) is 0 Å². The van der Waals surface area contributed by atoms with Crippen LogP contribution >= 0.6 is 11.3 Å². The highest BCUT2D eigenvalue weighted by Gasteiger charge is 2.16. The molecule has 0 radical (unpaired) electrons. The lowest BCUT2D eigenvalue weighted by atomic mass is 9.99. The van der Waals surface area contributed by atoms with Crippen molar-refractivity contribution < 1.29 is 0 Å². The van der Waals surface area contributed by atoms with Crippen LogP contribution in [0.1, 0.15) is 49.2 Å². The molecule has 0 aromatic carbocycles. The van der Waals surface area contributed by atoms with E-state index < -0.39 is 0 Å². The molecular formula is C17H31N3S. The lowest BCUT2D eigenvalue weighted by molar-refractivity contribution is 0.194. The zero-order valence-corrected chi connectivity index (χ0v) is 14.9. The third-order valence-corrected chi connectivity index (χ3v) is 5.51. The van der Waals surface area contributed by atoms with Crippen molar-refractivity contribution in [2.45, 2.75) is 53.5 Å². The van der Waals surface area contributed by atoms with Crippen LogP contribution in [0.5, 0.6) is 0 Å². The van der Waals surface area contributed by atoms with Crippen LogP contribution in [-0.2, 0) is 13.0 Å². The average molecular weight is 310 g/mol. The molecule has 1 aromatic rings. The van der Waals surface area contributed by atoms with Gasteiger partial charge in [0.05, 0.1) is 10.7 Å². The first kappa shape index (κ1) is 16.9. The maximum atomic E-state index is 4.76. The van der Waals surface area contributed by atoms with Gasteiger partial charge in [0.25, 0.3) is 0 Å². The van der Waals surface area contributed by atoms with Gasteiger partial charge in [-0.3, -0.25) is 0 Å². The van der Waals surface area contributed by atoms with Gasteiger partial charge in [-0.15, -0.1) is 11.3 Å². The van der Waals surface area contributed by atoms with Crippen LogP contribution in [-0.4, -0.2) is 36.1 Å². The van der Waals surface area contributed by atoms with E-state index >= 15 is 0 Å². The van der Waals surface area contributed by atoms with Gasteiger partial charge in [0, 0.05) is 24.4 Å². The average Bonchev–Trinajstić information content (AvgIpc) is 2.78. The van der Waals surface area contributed by atoms with Gasteiger partial charge in [0.15, 0.2) is 0 Å². The molecule has 2 rings (SSSR count). The summed E-state index contributed by atoms with van der Waals surface area (Å²) in [5, 5.41) is 4.84. The molecule has 21 heavy (non-hydrogen) atoms. The Balaban J connectivity index is 1.76. The highest BCUT2D eigenvalue weighted by atomic mass is 32.1. The molecule has 0 bridgehead atoms. The zero-order valence-electron chi connectivity index (χ0n) is 14.1. The smallest absolute Gasteiger partial charge is 0.0944 e. The Hall–Kier alpha value is -0.450. The monoisotopic (exact) mass is 309 g/mol. The summed E-state index contributed by atoms with van der Waals surface area (Å²) < 4.78 is 0. The molecule has 4 heteroatoms. The van der Waals surface area contributed by atoms with Crippen LogP contribution in [0.25, 0.3) is 0 Å². The second-order valence-electron chi connectivity index (χ2n) is 6.92. The maximum absolute atomic E-state index is 4.76. The molecule has 0 atom stereocenters. The molecule has 2 heterocycles. The molecule has 1 aliphatic heterocycles. The van der Waals surface area contributed by atoms with Crippen molar-refractivity contribution >= 4 is 11.3 Å². The fourth-order valence-electron chi connectivity index (χ4n) is 2.77. The summed E-state index contributed by atoms with van der Waals surface area (Å²) in [4.78, 5) is 8.78. The van der Waals surface area contributed by atoms with E-state index in [2.05, 4.69) is 37.9 Å². The highest BCUT2D eigenvalue weighted by molar-refractivity contribution is 7.11. The van der Waals surface area contributed by atoms with Crippen LogP contribution in [0.15, 0.2) is 0 Å². The number of piperidine rings is 1. The second-order valence-corrected chi connectivity index (χ2v) is 8.08. The zero-order chi connectivity index (χ0) is 15.2. The number of aromatic nitrogens is 1. The van der Waals surface area contributed by atoms with E-state index in [-0.39, 0.29) is 0 Å². The number of nitrogens with one attached hydrogen (secondary N) is 1. The van der Waals surface area contributed by atoms with Crippen LogP contribution in [0, 0.1) is 18.8 Å². The first-order valence-corrected chi connectivity index (χ1v) is 9.24. The van der Waals surface area contributed by atoms with Crippen molar-refractivity contribution in [3.05, 3.63) is 15.6 Å². The van der Waals surface area contributed by atoms with Gasteiger partial charge < -0.3 is 10.2 Å². The molecule has 120 valence electrons. The molecule has 1 fully saturated rings. The molecule has 0 aliphatic carbocycles. The summed E-state index contributed by atoms with van der Waals surface area (Å²) >= 11 is 1.90. The highest BCUT2D eigenvalue weighted by Crippen LogP contribution is 2.20. The topological polar surface area (TPSA) is 28.2 Å². The third kappa shape index (κ3) is 5.68. The molecule has 0 spiro atoms. The number of thiazole rings is 1. The third-order valence-electron chi connectivity index (χ3n) is 4.29. The minimum atomic E-state index is 0.708. The summed E-state index contributed by atoms with van der Waals surface area (Å²) in [6.07, 6.45) is 3.84. The number of aryl methyl sites for hydroxylation is 1. The van der Waals surface area contributed by atoms with Crippen LogP contribution in [0.2, 0.25) is 0 Å². The predicted octanol–water partition coefficient (Wildman–Crippen LogP) is 3.47. The van der Waals surface area contributed by atoms with Gasteiger partial charge in [-0.1, -0.05) is 20.8 Å². The minimum absolute atomic E-state index is 0.708. The number of likely N-dealkylation sites (tertiary alicyclic amines) is 1. The fourth-order valence-corrected chi connectivity index (χ4v) is 3.80. The Morgan fingerprint density at radius 3 is 2.71 bits per heavy atom. The van der Waals surface area contributed by atoms with E-state index in [4.69, 9.17) is 4.98 Å². The fraction of sp³-hybridized carbons (Fsp3) is 0.824. The SMILES string of the molecule is Cc1nc(CCN2CCC(C)CC2)sc1CNCC(C)C. The Kier molecular flexibility index (Phi) is 6.65. The Morgan fingerprint density at radius 1 is 1.33 bits per heavy atom. The van der Waals surface area contributed by atoms with Crippen molar-refractivity contribution in [1.29, 1.82) is 0 Å². The van der Waals surface area contributed by atoms with Gasteiger partial charge in [-0.25, -0.2) is 4.98 Å². The van der Waals surface area contributed by atoms with E-state index in [9.17, 15) is 0 Å². The summed E-state index contributed by atoms with van der Waals surface area (Å²) in [5.41, 5.74) is 1.22. The molecule has 0 unspecified atom stereocenters. The van der Waals surface area contributed by atoms with E-state index in [1.807, 2.05) is 11.3 Å². The quantitative estimate of drug-likeness (QED) is 0.836. The molecule has 1 saturated heterocycles. The Morgan fingerprint density at radius 2 is 2.05 bits per heavy atom. The molecule has 1 N–H and O–H groups in total. The largest absolute Gasteiger partial charge is 0.312 e. The van der Waals surface area contributed by atoms with Gasteiger partial charge in [0.1, 0.15) is 0 Å². The van der Waals surface area contributed by atoms with Gasteiger partial charge in [0.2, 0.25) is 0 Å². The summed E-state index contributed by atoms with van der Waals surface area (Å²) in [5.74, 6) is 1.63. The van der Waals surface area contributed by atoms with Crippen molar-refractivity contribution in [1.82, 2.24) is 15.2 Å². The maximum Gasteiger partial charge on any atom is 0.0944 e. The molecule has 3 nitrogen and oxygen atoms in total. The van der Waals surface area contributed by atoms with Gasteiger partial charge >= 0.3 is 0 Å². The second kappa shape index (κ2) is 8.25. The minimum Gasteiger partial charge on any atom is -0.312 e. The van der Waals surface area contributed by atoms with Crippen LogP contribution in [0.4, 0.5) is 0 Å². The number of rotatable bonds is 7. The lowest BCUT2D eigenvalue weighted by Gasteiger charge is -2.29.